The maximum atomic E-state index is 12.7. The first kappa shape index (κ1) is 19.9. The summed E-state index contributed by atoms with van der Waals surface area (Å²) in [4.78, 5) is 62.4. The molecule has 0 aromatic heterocycles. The van der Waals surface area contributed by atoms with Gasteiger partial charge in [-0.05, 0) is 36.5 Å². The third-order valence-electron chi connectivity index (χ3n) is 5.86. The fourth-order valence-electron chi connectivity index (χ4n) is 4.31. The van der Waals surface area contributed by atoms with Crippen molar-refractivity contribution in [1.29, 1.82) is 0 Å². The van der Waals surface area contributed by atoms with Gasteiger partial charge in [0.25, 0.3) is 5.91 Å². The molecule has 3 aliphatic rings. The maximum Gasteiger partial charge on any atom is 0.407 e. The monoisotopic (exact) mass is 414 g/mol. The highest BCUT2D eigenvalue weighted by Gasteiger charge is 2.39. The molecule has 1 aromatic rings. The van der Waals surface area contributed by atoms with Crippen LogP contribution in [0.1, 0.15) is 47.2 Å². The smallest absolute Gasteiger partial charge is 0.407 e. The summed E-state index contributed by atoms with van der Waals surface area (Å²) in [6.45, 7) is 0.824. The summed E-state index contributed by atoms with van der Waals surface area (Å²) < 4.78 is 0. The summed E-state index contributed by atoms with van der Waals surface area (Å²) in [5, 5.41) is 14.2. The van der Waals surface area contributed by atoms with Gasteiger partial charge in [-0.3, -0.25) is 29.4 Å². The molecular weight excluding hydrogens is 392 g/mol. The number of nitrogens with one attached hydrogen (secondary N) is 2. The lowest BCUT2D eigenvalue weighted by atomic mass is 10.0. The topological polar surface area (TPSA) is 136 Å². The number of benzene rings is 1. The number of hydrogen-bond acceptors (Lipinski definition) is 5. The Morgan fingerprint density at radius 2 is 2.00 bits per heavy atom. The molecule has 2 fully saturated rings. The van der Waals surface area contributed by atoms with Crippen molar-refractivity contribution in [2.45, 2.75) is 50.9 Å². The van der Waals surface area contributed by atoms with Gasteiger partial charge in [0.05, 0.1) is 0 Å². The van der Waals surface area contributed by atoms with Crippen molar-refractivity contribution in [3.8, 4) is 0 Å². The molecule has 10 heteroatoms. The molecule has 4 rings (SSSR count). The summed E-state index contributed by atoms with van der Waals surface area (Å²) in [5.41, 5.74) is 2.03. The van der Waals surface area contributed by atoms with Gasteiger partial charge in [-0.1, -0.05) is 12.1 Å². The van der Waals surface area contributed by atoms with E-state index in [1.54, 1.807) is 12.1 Å². The first-order valence-corrected chi connectivity index (χ1v) is 9.89. The quantitative estimate of drug-likeness (QED) is 0.603. The lowest BCUT2D eigenvalue weighted by Crippen LogP contribution is -2.52. The lowest BCUT2D eigenvalue weighted by Gasteiger charge is -2.29. The Kier molecular flexibility index (Phi) is 5.15. The molecular formula is C20H22N4O6. The number of rotatable bonds is 4. The predicted octanol–water partition coefficient (Wildman–Crippen LogP) is 0.206. The first-order valence-electron chi connectivity index (χ1n) is 9.89. The van der Waals surface area contributed by atoms with E-state index in [1.165, 1.54) is 4.90 Å². The molecule has 5 amide bonds. The molecule has 3 aliphatic heterocycles. The summed E-state index contributed by atoms with van der Waals surface area (Å²) in [5.74, 6) is -1.38. The van der Waals surface area contributed by atoms with Crippen molar-refractivity contribution >= 4 is 29.7 Å². The van der Waals surface area contributed by atoms with E-state index in [4.69, 9.17) is 0 Å². The van der Waals surface area contributed by atoms with Crippen molar-refractivity contribution in [2.24, 2.45) is 0 Å². The minimum atomic E-state index is -1.10. The number of amides is 5. The molecule has 1 aromatic carbocycles. The molecule has 0 bridgehead atoms. The van der Waals surface area contributed by atoms with E-state index in [1.807, 2.05) is 6.07 Å². The van der Waals surface area contributed by atoms with Gasteiger partial charge in [-0.25, -0.2) is 4.79 Å². The van der Waals surface area contributed by atoms with Gasteiger partial charge in [0.2, 0.25) is 17.7 Å². The van der Waals surface area contributed by atoms with E-state index in [0.717, 1.165) is 16.0 Å². The zero-order chi connectivity index (χ0) is 21.4. The van der Waals surface area contributed by atoms with Gasteiger partial charge < -0.3 is 15.3 Å². The van der Waals surface area contributed by atoms with E-state index in [0.29, 0.717) is 31.4 Å². The van der Waals surface area contributed by atoms with Crippen LogP contribution in [-0.2, 0) is 27.5 Å². The van der Waals surface area contributed by atoms with Crippen LogP contribution in [0.25, 0.3) is 0 Å². The van der Waals surface area contributed by atoms with Gasteiger partial charge in [0.15, 0.2) is 0 Å². The molecule has 1 unspecified atom stereocenters. The number of nitrogens with zero attached hydrogens (tertiary/aromatic N) is 2. The predicted molar refractivity (Wildman–Crippen MR) is 102 cm³/mol. The first-order chi connectivity index (χ1) is 14.3. The van der Waals surface area contributed by atoms with E-state index in [9.17, 15) is 29.1 Å². The summed E-state index contributed by atoms with van der Waals surface area (Å²) in [7, 11) is 0. The van der Waals surface area contributed by atoms with Gasteiger partial charge in [0.1, 0.15) is 12.1 Å². The van der Waals surface area contributed by atoms with Gasteiger partial charge in [-0.2, -0.15) is 0 Å². The molecule has 2 saturated heterocycles. The Labute approximate surface area is 172 Å². The van der Waals surface area contributed by atoms with Gasteiger partial charge in [-0.15, -0.1) is 0 Å². The average molecular weight is 414 g/mol. The number of carbonyl (C=O) groups excluding carboxylic acids is 4. The highest BCUT2D eigenvalue weighted by atomic mass is 16.4. The molecule has 0 spiro atoms. The third-order valence-corrected chi connectivity index (χ3v) is 5.86. The van der Waals surface area contributed by atoms with Crippen molar-refractivity contribution in [1.82, 2.24) is 20.4 Å². The highest BCUT2D eigenvalue weighted by molar-refractivity contribution is 6.05. The molecule has 158 valence electrons. The largest absolute Gasteiger partial charge is 0.465 e. The maximum absolute atomic E-state index is 12.7. The van der Waals surface area contributed by atoms with Crippen molar-refractivity contribution in [2.75, 3.05) is 6.54 Å². The molecule has 0 radical (unpaired) electrons. The van der Waals surface area contributed by atoms with Crippen LogP contribution >= 0.6 is 0 Å². The second-order valence-electron chi connectivity index (χ2n) is 7.74. The van der Waals surface area contributed by atoms with Crippen LogP contribution in [0.2, 0.25) is 0 Å². The highest BCUT2D eigenvalue weighted by Crippen LogP contribution is 2.28. The fraction of sp³-hybridized carbons (Fsp3) is 0.450. The van der Waals surface area contributed by atoms with Gasteiger partial charge in [0, 0.05) is 31.6 Å². The zero-order valence-electron chi connectivity index (χ0n) is 16.2. The second-order valence-corrected chi connectivity index (χ2v) is 7.74. The molecule has 0 aliphatic carbocycles. The molecule has 2 atom stereocenters. The second kappa shape index (κ2) is 7.77. The Hall–Kier alpha value is -3.43. The third kappa shape index (κ3) is 3.60. The van der Waals surface area contributed by atoms with Crippen molar-refractivity contribution in [3.63, 3.8) is 0 Å². The van der Waals surface area contributed by atoms with E-state index in [2.05, 4.69) is 10.6 Å². The Balaban J connectivity index is 1.41. The van der Waals surface area contributed by atoms with Crippen LogP contribution in [0.15, 0.2) is 18.2 Å². The average Bonchev–Trinajstić information content (AvgIpc) is 3.32. The number of carboxylic acid groups (broad SMARTS) is 1. The molecule has 3 N–H and O–H groups in total. The number of likely N-dealkylation sites (tertiary alicyclic amines) is 1. The summed E-state index contributed by atoms with van der Waals surface area (Å²) in [6, 6.07) is 3.86. The summed E-state index contributed by atoms with van der Waals surface area (Å²) >= 11 is 0. The Bertz CT molecular complexity index is 945. The standard InChI is InChI=1S/C20H22N4O6/c25-16-6-5-15(18(27)22-16)24-10-12-8-11(3-4-13(12)19(24)28)9-21-17(26)14-2-1-7-23(14)20(29)30/h3-4,8,14-15H,1-2,5-7,9-10H2,(H,21,26)(H,29,30)(H,22,25,27)/t14-,15?/m0/s1. The molecule has 0 saturated carbocycles. The fourth-order valence-corrected chi connectivity index (χ4v) is 4.31. The minimum Gasteiger partial charge on any atom is -0.465 e. The van der Waals surface area contributed by atoms with Crippen LogP contribution in [0.4, 0.5) is 4.79 Å². The minimum absolute atomic E-state index is 0.197. The van der Waals surface area contributed by atoms with E-state index >= 15 is 0 Å². The Morgan fingerprint density at radius 1 is 1.20 bits per heavy atom. The van der Waals surface area contributed by atoms with Gasteiger partial charge >= 0.3 is 6.09 Å². The lowest BCUT2D eigenvalue weighted by molar-refractivity contribution is -0.137. The zero-order valence-corrected chi connectivity index (χ0v) is 16.2. The SMILES string of the molecule is O=C1CCC(N2Cc3cc(CNC(=O)[C@@H]4CCCN4C(=O)O)ccc3C2=O)C(=O)N1. The molecule has 10 nitrogen and oxygen atoms in total. The van der Waals surface area contributed by atoms with Crippen LogP contribution in [0.5, 0.6) is 0 Å². The number of piperidine rings is 1. The summed E-state index contributed by atoms with van der Waals surface area (Å²) in [6.07, 6.45) is 0.549. The van der Waals surface area contributed by atoms with Crippen LogP contribution < -0.4 is 10.6 Å². The van der Waals surface area contributed by atoms with Crippen LogP contribution in [-0.4, -0.2) is 63.3 Å². The Morgan fingerprint density at radius 3 is 2.73 bits per heavy atom. The number of hydrogen-bond donors (Lipinski definition) is 3. The van der Waals surface area contributed by atoms with E-state index in [-0.39, 0.29) is 37.2 Å². The van der Waals surface area contributed by atoms with Crippen LogP contribution in [0.3, 0.4) is 0 Å². The number of carbonyl (C=O) groups is 5. The van der Waals surface area contributed by atoms with Crippen molar-refractivity contribution < 1.29 is 29.1 Å². The molecule has 3 heterocycles. The molecule has 30 heavy (non-hydrogen) atoms. The van der Waals surface area contributed by atoms with Crippen molar-refractivity contribution in [3.05, 3.63) is 34.9 Å². The normalized spacial score (nSPS) is 23.4. The van der Waals surface area contributed by atoms with E-state index < -0.39 is 24.1 Å². The van der Waals surface area contributed by atoms with Crippen LogP contribution in [0, 0.1) is 0 Å². The number of imide groups is 1. The number of fused-ring (bicyclic) bond motifs is 1.